The summed E-state index contributed by atoms with van der Waals surface area (Å²) in [6.45, 7) is 12.0. The van der Waals surface area contributed by atoms with Crippen LogP contribution in [-0.4, -0.2) is 116 Å². The van der Waals surface area contributed by atoms with Crippen LogP contribution in [0.1, 0.15) is 108 Å². The van der Waals surface area contributed by atoms with E-state index in [1.165, 1.54) is 0 Å². The van der Waals surface area contributed by atoms with Gasteiger partial charge in [0.1, 0.15) is 35.9 Å². The van der Waals surface area contributed by atoms with E-state index in [0.29, 0.717) is 30.0 Å². The van der Waals surface area contributed by atoms with Gasteiger partial charge in [-0.3, -0.25) is 57.7 Å². The third-order valence-electron chi connectivity index (χ3n) is 10.1. The number of unbranched alkanes of at least 4 members (excludes halogenated alkanes) is 1. The molecule has 66 heavy (non-hydrogen) atoms. The Morgan fingerprint density at radius 2 is 1.26 bits per heavy atom. The number of primary amides is 1. The molecule has 0 saturated heterocycles. The summed E-state index contributed by atoms with van der Waals surface area (Å²) >= 11 is 0. The number of Topliss-reactive ketones (excluding diaryl/α,β-unsaturated/α-hetero) is 1. The van der Waals surface area contributed by atoms with Crippen LogP contribution in [0.15, 0.2) is 39.9 Å². The average Bonchev–Trinajstić information content (AvgIpc) is 3.20. The Kier molecular flexibility index (Phi) is 21.1. The zero-order chi connectivity index (χ0) is 50.1. The van der Waals surface area contributed by atoms with E-state index in [9.17, 15) is 67.7 Å². The molecule has 0 fully saturated rings. The van der Waals surface area contributed by atoms with Crippen molar-refractivity contribution in [3.8, 4) is 0 Å². The highest BCUT2D eigenvalue weighted by atomic mass is 16.4. The zero-order valence-corrected chi connectivity index (χ0v) is 38.0. The van der Waals surface area contributed by atoms with E-state index in [0.717, 1.165) is 0 Å². The minimum atomic E-state index is -1.94. The van der Waals surface area contributed by atoms with Crippen molar-refractivity contribution in [3.63, 3.8) is 0 Å². The molecule has 0 aliphatic rings. The van der Waals surface area contributed by atoms with Gasteiger partial charge in [-0.15, -0.1) is 0 Å². The van der Waals surface area contributed by atoms with Crippen LogP contribution in [0.5, 0.6) is 0 Å². The third-order valence-corrected chi connectivity index (χ3v) is 10.1. The van der Waals surface area contributed by atoms with Crippen molar-refractivity contribution in [2.75, 3.05) is 0 Å². The number of amides is 7. The summed E-state index contributed by atoms with van der Waals surface area (Å²) in [6, 6.07) is -1.68. The Morgan fingerprint density at radius 3 is 1.80 bits per heavy atom. The number of aromatic amines is 2. The monoisotopic (exact) mass is 927 g/mol. The van der Waals surface area contributed by atoms with E-state index in [-0.39, 0.29) is 25.2 Å². The quantitative estimate of drug-likeness (QED) is 0.0495. The van der Waals surface area contributed by atoms with Crippen LogP contribution in [0.4, 0.5) is 0 Å². The summed E-state index contributed by atoms with van der Waals surface area (Å²) in [5.41, 5.74) is 2.71. The van der Waals surface area contributed by atoms with Gasteiger partial charge in [-0.2, -0.15) is 0 Å². The molecule has 0 bridgehead atoms. The average molecular weight is 928 g/mol. The molecule has 0 saturated carbocycles. The number of rotatable bonds is 26. The van der Waals surface area contributed by atoms with Crippen molar-refractivity contribution in [3.05, 3.63) is 68.0 Å². The van der Waals surface area contributed by atoms with E-state index >= 15 is 0 Å². The Labute approximate surface area is 379 Å². The molecule has 23 heteroatoms. The van der Waals surface area contributed by atoms with Gasteiger partial charge in [-0.25, -0.2) is 4.79 Å². The molecule has 0 radical (unpaired) electrons. The number of hydrogen-bond acceptors (Lipinski definition) is 12. The predicted octanol–water partition coefficient (Wildman–Crippen LogP) is -1.19. The molecule has 12 N–H and O–H groups in total. The van der Waals surface area contributed by atoms with Crippen molar-refractivity contribution in [1.82, 2.24) is 41.9 Å². The fourth-order valence-corrected chi connectivity index (χ4v) is 6.56. The van der Waals surface area contributed by atoms with E-state index < -0.39 is 137 Å². The minimum absolute atomic E-state index is 0.0750. The first-order valence-corrected chi connectivity index (χ1v) is 21.2. The standard InChI is InChI=1S/C43H61N9O14/c1-8-9-14-24(33(58)35(44)59)45-37(61)26(17-21(2)3)49-41(65)34(43(5,6)7)52-40(64)27(18-23-13-11-10-12-22(23)4)47-36(60)25(15-16-31(54)55)46-39(63)29(20-32(56)57)48-38(62)28-19-30(53)51-42(66)50-28/h10-13,19,21,24-27,29,34H,8-9,14-18,20H2,1-7H3,(H2,44,59)(H,45,61)(H,46,63)(H,47,60)(H,48,62)(H,49,65)(H,52,64)(H,54,55)(H,56,57)(H2,50,51,53,66)/t24?,25-,26-,27-,29-,34+/m0/s1. The van der Waals surface area contributed by atoms with Gasteiger partial charge in [0.25, 0.3) is 17.4 Å². The number of aryl methyl sites for hydroxylation is 1. The molecule has 7 amide bonds. The Morgan fingerprint density at radius 1 is 0.697 bits per heavy atom. The first-order valence-electron chi connectivity index (χ1n) is 21.2. The number of nitrogens with two attached hydrogens (primary N) is 1. The molecule has 1 unspecified atom stereocenters. The molecule has 0 aliphatic heterocycles. The van der Waals surface area contributed by atoms with Gasteiger partial charge in [0, 0.05) is 18.9 Å². The van der Waals surface area contributed by atoms with E-state index in [4.69, 9.17) is 5.73 Å². The lowest BCUT2D eigenvalue weighted by atomic mass is 9.85. The molecular formula is C43H61N9O14. The van der Waals surface area contributed by atoms with Crippen LogP contribution in [-0.2, 0) is 49.6 Å². The molecule has 1 heterocycles. The molecule has 1 aromatic carbocycles. The van der Waals surface area contributed by atoms with Crippen LogP contribution in [0, 0.1) is 18.3 Å². The number of H-pyrrole nitrogens is 2. The number of aromatic nitrogens is 2. The van der Waals surface area contributed by atoms with Crippen molar-refractivity contribution in [2.45, 2.75) is 136 Å². The van der Waals surface area contributed by atoms with Crippen molar-refractivity contribution in [2.24, 2.45) is 17.1 Å². The van der Waals surface area contributed by atoms with Gasteiger partial charge < -0.3 is 52.8 Å². The van der Waals surface area contributed by atoms with Gasteiger partial charge >= 0.3 is 17.6 Å². The molecule has 0 aliphatic carbocycles. The normalized spacial score (nSPS) is 13.9. The summed E-state index contributed by atoms with van der Waals surface area (Å²) in [4.78, 5) is 158. The lowest BCUT2D eigenvalue weighted by Gasteiger charge is -2.34. The van der Waals surface area contributed by atoms with E-state index in [1.807, 2.05) is 16.9 Å². The number of carbonyl (C=O) groups is 10. The highest BCUT2D eigenvalue weighted by Gasteiger charge is 2.39. The number of carbonyl (C=O) groups excluding carboxylic acids is 8. The molecule has 23 nitrogen and oxygen atoms in total. The Balaban J connectivity index is 2.52. The van der Waals surface area contributed by atoms with Gasteiger partial charge in [-0.1, -0.05) is 78.6 Å². The molecule has 2 rings (SSSR count). The van der Waals surface area contributed by atoms with Gasteiger partial charge in [0.05, 0.1) is 12.5 Å². The second-order valence-corrected chi connectivity index (χ2v) is 17.2. The first-order chi connectivity index (χ1) is 30.7. The zero-order valence-electron chi connectivity index (χ0n) is 38.0. The largest absolute Gasteiger partial charge is 0.481 e. The number of carboxylic acid groups (broad SMARTS) is 2. The maximum Gasteiger partial charge on any atom is 0.326 e. The summed E-state index contributed by atoms with van der Waals surface area (Å²) in [6.07, 6.45) is -1.30. The van der Waals surface area contributed by atoms with Crippen LogP contribution in [0.3, 0.4) is 0 Å². The maximum absolute atomic E-state index is 14.4. The third kappa shape index (κ3) is 18.1. The van der Waals surface area contributed by atoms with Crippen LogP contribution in [0.25, 0.3) is 0 Å². The summed E-state index contributed by atoms with van der Waals surface area (Å²) < 4.78 is 0. The highest BCUT2D eigenvalue weighted by Crippen LogP contribution is 2.21. The molecule has 362 valence electrons. The topological polar surface area (TPSA) is 375 Å². The Bertz CT molecular complexity index is 2220. The van der Waals surface area contributed by atoms with Crippen molar-refractivity contribution in [1.29, 1.82) is 0 Å². The number of carboxylic acids is 2. The van der Waals surface area contributed by atoms with Crippen LogP contribution in [0.2, 0.25) is 0 Å². The lowest BCUT2D eigenvalue weighted by molar-refractivity contribution is -0.140. The fraction of sp³-hybridized carbons (Fsp3) is 0.535. The number of nitrogens with one attached hydrogen (secondary N) is 8. The molecule has 1 aromatic heterocycles. The first kappa shape index (κ1) is 54.9. The number of ketones is 1. The second kappa shape index (κ2) is 25.3. The van der Waals surface area contributed by atoms with Gasteiger partial charge in [0.15, 0.2) is 0 Å². The van der Waals surface area contributed by atoms with Crippen LogP contribution < -0.4 is 48.9 Å². The molecule has 6 atom stereocenters. The molecule has 0 spiro atoms. The van der Waals surface area contributed by atoms with Gasteiger partial charge in [0.2, 0.25) is 35.3 Å². The predicted molar refractivity (Wildman–Crippen MR) is 235 cm³/mol. The summed E-state index contributed by atoms with van der Waals surface area (Å²) in [7, 11) is 0. The maximum atomic E-state index is 14.4. The van der Waals surface area contributed by atoms with E-state index in [1.54, 1.807) is 65.8 Å². The summed E-state index contributed by atoms with van der Waals surface area (Å²) in [5, 5.41) is 33.7. The lowest BCUT2D eigenvalue weighted by Crippen LogP contribution is -2.62. The van der Waals surface area contributed by atoms with Crippen LogP contribution >= 0.6 is 0 Å². The Hall–Kier alpha value is -7.20. The second-order valence-electron chi connectivity index (χ2n) is 17.2. The van der Waals surface area contributed by atoms with E-state index in [2.05, 4.69) is 31.9 Å². The minimum Gasteiger partial charge on any atom is -0.481 e. The SMILES string of the molecule is CCCCC(NC(=O)[C@H](CC(C)C)NC(=O)[C@@H](NC(=O)[C@H](Cc1ccccc1C)NC(=O)[C@H](CCC(=O)O)NC(=O)[C@H](CC(=O)O)NC(=O)c1cc(=O)[nH]c(=O)[nH]1)C(C)(C)C)C(=O)C(N)=O. The highest BCUT2D eigenvalue weighted by molar-refractivity contribution is 6.37. The molecule has 2 aromatic rings. The molecular weight excluding hydrogens is 867 g/mol. The number of hydrogen-bond donors (Lipinski definition) is 11. The summed E-state index contributed by atoms with van der Waals surface area (Å²) in [5.74, 6) is -11.6. The smallest absolute Gasteiger partial charge is 0.326 e. The fourth-order valence-electron chi connectivity index (χ4n) is 6.56. The number of benzene rings is 1. The number of aliphatic carboxylic acids is 2. The van der Waals surface area contributed by atoms with Crippen molar-refractivity contribution < 1.29 is 58.2 Å². The van der Waals surface area contributed by atoms with Gasteiger partial charge in [-0.05, 0) is 48.6 Å². The van der Waals surface area contributed by atoms with Crippen molar-refractivity contribution >= 4 is 59.1 Å².